The van der Waals surface area contributed by atoms with E-state index in [4.69, 9.17) is 61.6 Å². The van der Waals surface area contributed by atoms with Crippen molar-refractivity contribution in [2.75, 3.05) is 13.2 Å². The molecule has 0 unspecified atom stereocenters. The fraction of sp³-hybridized carbons (Fsp3) is 0.162. The van der Waals surface area contributed by atoms with Gasteiger partial charge in [0.1, 0.15) is 25.4 Å². The molecular formula is C74H52O46. The second kappa shape index (κ2) is 29.5. The Bertz CT molecular complexity index is 5920. The van der Waals surface area contributed by atoms with Crippen LogP contribution in [-0.4, -0.2) is 250 Å². The second-order valence-corrected chi connectivity index (χ2v) is 26.2. The van der Waals surface area contributed by atoms with Crippen molar-refractivity contribution in [2.45, 2.75) is 61.4 Å². The molecule has 4 bridgehead atoms. The number of rotatable bonds is 4. The third-order valence-electron chi connectivity index (χ3n) is 18.9. The molecule has 10 atom stereocenters. The first kappa shape index (κ1) is 79.7. The van der Waals surface area contributed by atoms with Crippen molar-refractivity contribution in [3.05, 3.63) is 123 Å². The summed E-state index contributed by atoms with van der Waals surface area (Å²) in [5.74, 6) is -57.3. The van der Waals surface area contributed by atoms with Gasteiger partial charge in [0.15, 0.2) is 139 Å². The number of phenols is 25. The minimum absolute atomic E-state index is 0.284. The molecule has 46 nitrogen and oxygen atoms in total. The number of phenolic OH excluding ortho intramolecular Hbond substituents is 25. The molecule has 0 spiro atoms. The Hall–Kier alpha value is -16.9. The van der Waals surface area contributed by atoms with Crippen LogP contribution in [0.25, 0.3) is 22.3 Å². The van der Waals surface area contributed by atoms with Crippen LogP contribution in [0.2, 0.25) is 0 Å². The van der Waals surface area contributed by atoms with E-state index in [0.717, 1.165) is 0 Å². The smallest absolute Gasteiger partial charge is 0.340 e. The first-order valence-electron chi connectivity index (χ1n) is 33.6. The highest BCUT2D eigenvalue weighted by Gasteiger charge is 2.58. The number of carbonyl (C=O) groups excluding carboxylic acids is 8. The molecule has 14 rings (SSSR count). The average molecular weight is 1680 g/mol. The van der Waals surface area contributed by atoms with E-state index in [1.807, 2.05) is 0 Å². The van der Waals surface area contributed by atoms with Gasteiger partial charge in [-0.1, -0.05) is 0 Å². The van der Waals surface area contributed by atoms with Crippen molar-refractivity contribution in [3.63, 3.8) is 0 Å². The molecule has 25 N–H and O–H groups in total. The standard InChI is InChI=1S/C74H52O46/c75-24-1-16(2-25(76)44(24)86)65(100)117-61-59-38(14-108-69(104)20-9-30(81)48(90)53(95)40(20)42-22(71(106)115-59)11-32(83)50(92)55(42)97)113-73-63(61)111-36-8-19(6-29(80)47(36)89)68(103)120-74-64(112-37-13-34(85)52(94)57(99)58(37)110-35-7-18(67(102)119-73)5-28(79)46(35)88)62(118-66(101)17-3-26(77)45(87)27(78)4-17)60-39(114-74)15-109-70(105)21-10-31(82)49(91)54(96)41(21)43-23(72(107)116-60)12-33(84)51(93)56(43)98/h1-13,38-39,59-64,73-99H,14-15H2/t38-,39-,59-,60+,61+,62+,63-,64-,73+,74+/m1/s1. The lowest BCUT2D eigenvalue weighted by Crippen LogP contribution is -2.64. The van der Waals surface area contributed by atoms with Crippen LogP contribution in [0.4, 0.5) is 0 Å². The maximum Gasteiger partial charge on any atom is 0.340 e. The summed E-state index contributed by atoms with van der Waals surface area (Å²) in [4.78, 5) is 120. The number of aromatic hydroxyl groups is 25. The highest BCUT2D eigenvalue weighted by atomic mass is 16.8. The average Bonchev–Trinajstić information content (AvgIpc) is 1.26. The summed E-state index contributed by atoms with van der Waals surface area (Å²) in [6.45, 7) is -3.02. The minimum atomic E-state index is -2.97. The monoisotopic (exact) mass is 1680 g/mol. The summed E-state index contributed by atoms with van der Waals surface area (Å²) in [5, 5.41) is 277. The van der Waals surface area contributed by atoms with Crippen LogP contribution >= 0.6 is 0 Å². The summed E-state index contributed by atoms with van der Waals surface area (Å²) in [6.07, 6.45) is -27.9. The van der Waals surface area contributed by atoms with E-state index in [-0.39, 0.29) is 6.07 Å². The highest BCUT2D eigenvalue weighted by Crippen LogP contribution is 2.58. The Morgan fingerprint density at radius 2 is 0.575 bits per heavy atom. The molecule has 0 radical (unpaired) electrons. The number of ether oxygens (including phenoxy) is 13. The van der Waals surface area contributed by atoms with Gasteiger partial charge in [-0.3, -0.25) is 0 Å². The van der Waals surface area contributed by atoms with Gasteiger partial charge in [-0.15, -0.1) is 0 Å². The predicted octanol–water partition coefficient (Wildman–Crippen LogP) is 3.67. The lowest BCUT2D eigenvalue weighted by atomic mass is 9.92. The van der Waals surface area contributed by atoms with Gasteiger partial charge in [0.05, 0.1) is 44.5 Å². The minimum Gasteiger partial charge on any atom is -0.504 e. The van der Waals surface area contributed by atoms with E-state index in [1.54, 1.807) is 0 Å². The normalized spacial score (nSPS) is 20.8. The lowest BCUT2D eigenvalue weighted by molar-refractivity contribution is -0.278. The van der Waals surface area contributed by atoms with E-state index < -0.39 is 356 Å². The van der Waals surface area contributed by atoms with Gasteiger partial charge in [0, 0.05) is 28.3 Å². The Labute approximate surface area is 660 Å². The Morgan fingerprint density at radius 1 is 0.275 bits per heavy atom. The molecule has 0 amide bonds. The summed E-state index contributed by atoms with van der Waals surface area (Å²) < 4.78 is 76.8. The van der Waals surface area contributed by atoms with Crippen LogP contribution in [0.5, 0.6) is 167 Å². The quantitative estimate of drug-likeness (QED) is 0.0679. The van der Waals surface area contributed by atoms with Gasteiger partial charge < -0.3 is 189 Å². The zero-order chi connectivity index (χ0) is 86.9. The molecule has 5 aliphatic rings. The zero-order valence-corrected chi connectivity index (χ0v) is 58.9. The van der Waals surface area contributed by atoms with Gasteiger partial charge >= 0.3 is 47.8 Å². The van der Waals surface area contributed by atoms with Crippen LogP contribution in [0.3, 0.4) is 0 Å². The van der Waals surface area contributed by atoms with Crippen LogP contribution < -0.4 is 14.2 Å². The van der Waals surface area contributed by atoms with Crippen LogP contribution in [-0.2, 0) is 47.4 Å². The third-order valence-corrected chi connectivity index (χ3v) is 18.9. The molecule has 0 aromatic heterocycles. The largest absolute Gasteiger partial charge is 0.504 e. The van der Waals surface area contributed by atoms with Gasteiger partial charge in [-0.25, -0.2) is 38.4 Å². The molecule has 0 saturated carbocycles. The van der Waals surface area contributed by atoms with Crippen molar-refractivity contribution in [2.24, 2.45) is 0 Å². The second-order valence-electron chi connectivity index (χ2n) is 26.2. The molecule has 46 heteroatoms. The summed E-state index contributed by atoms with van der Waals surface area (Å²) >= 11 is 0. The van der Waals surface area contributed by atoms with E-state index >= 15 is 19.2 Å². The van der Waals surface area contributed by atoms with Gasteiger partial charge in [0.25, 0.3) is 0 Å². The summed E-state index contributed by atoms with van der Waals surface area (Å²) in [7, 11) is 0. The fourth-order valence-electron chi connectivity index (χ4n) is 13.1. The van der Waals surface area contributed by atoms with Crippen molar-refractivity contribution in [3.8, 4) is 189 Å². The number of hydrogen-bond acceptors (Lipinski definition) is 46. The van der Waals surface area contributed by atoms with Gasteiger partial charge in [-0.05, 0) is 72.8 Å². The summed E-state index contributed by atoms with van der Waals surface area (Å²) in [5.41, 5.74) is -14.1. The fourth-order valence-corrected chi connectivity index (χ4v) is 13.1. The Kier molecular flexibility index (Phi) is 19.6. The lowest BCUT2D eigenvalue weighted by Gasteiger charge is -2.44. The van der Waals surface area contributed by atoms with Crippen molar-refractivity contribution < 1.29 is 228 Å². The number of fused-ring (bicyclic) bond motifs is 15. The molecule has 624 valence electrons. The Balaban J connectivity index is 0.983. The first-order chi connectivity index (χ1) is 56.6. The number of benzene rings is 9. The highest BCUT2D eigenvalue weighted by molar-refractivity contribution is 6.10. The maximum absolute atomic E-state index is 15.4. The third kappa shape index (κ3) is 13.6. The molecule has 5 aliphatic heterocycles. The van der Waals surface area contributed by atoms with Crippen LogP contribution in [0, 0.1) is 0 Å². The number of cyclic esters (lactones) is 2. The first-order valence-corrected chi connectivity index (χ1v) is 33.6. The topological polar surface area (TPSA) is 762 Å². The molecule has 0 aliphatic carbocycles. The maximum atomic E-state index is 15.4. The molecule has 9 aromatic rings. The number of hydrogen-bond donors (Lipinski definition) is 25. The van der Waals surface area contributed by atoms with Gasteiger partial charge in [0.2, 0.25) is 76.5 Å². The summed E-state index contributed by atoms with van der Waals surface area (Å²) in [6, 6.07) is 4.71. The molecule has 9 aromatic carbocycles. The van der Waals surface area contributed by atoms with Crippen molar-refractivity contribution in [1.82, 2.24) is 0 Å². The van der Waals surface area contributed by atoms with Crippen LogP contribution in [0.15, 0.2) is 78.9 Å². The van der Waals surface area contributed by atoms with Crippen LogP contribution in [0.1, 0.15) is 82.9 Å². The predicted molar refractivity (Wildman–Crippen MR) is 372 cm³/mol. The molecule has 2 fully saturated rings. The Morgan fingerprint density at radius 3 is 0.942 bits per heavy atom. The number of carbonyl (C=O) groups is 8. The molecular weight excluding hydrogens is 1620 g/mol. The molecule has 2 saturated heterocycles. The van der Waals surface area contributed by atoms with Crippen molar-refractivity contribution in [1.29, 1.82) is 0 Å². The zero-order valence-electron chi connectivity index (χ0n) is 58.9. The van der Waals surface area contributed by atoms with Gasteiger partial charge in [-0.2, -0.15) is 0 Å². The van der Waals surface area contributed by atoms with E-state index in [9.17, 15) is 147 Å². The van der Waals surface area contributed by atoms with E-state index in [2.05, 4.69) is 0 Å². The molecule has 120 heavy (non-hydrogen) atoms. The van der Waals surface area contributed by atoms with Crippen molar-refractivity contribution >= 4 is 47.8 Å². The van der Waals surface area contributed by atoms with E-state index in [0.29, 0.717) is 72.8 Å². The SMILES string of the molecule is O=C1O[C@@H]2O[C@@H]3COC(=O)c4cc(O)c(O)c(O)c4-c4c(cc(O)c(O)c4O)C(=O)O[C@H]3[C@H](OC(=O)c3cc(O)c(O)c(O)c3)[C@H]2Oc2cc(cc(O)c2O)C(=O)O[C@@H]2O[C@@H]3COC(=O)c4cc(O)c(O)c(O)c4-c4c(cc(O)c(O)c4O)C(=O)O[C@@H]3[C@H](OC(=O)c3cc(O)c(O)c(O)c3)[C@H]2Oc2cc(O)c(O)c(O)c2Oc2cc1cc(O)c2O. The van der Waals surface area contributed by atoms with E-state index in [1.165, 1.54) is 0 Å². The number of esters is 8. The molecule has 5 heterocycles.